The van der Waals surface area contributed by atoms with Gasteiger partial charge in [0.2, 0.25) is 0 Å². The lowest BCUT2D eigenvalue weighted by atomic mass is 10.3. The van der Waals surface area contributed by atoms with Crippen molar-refractivity contribution in [3.8, 4) is 10.6 Å². The van der Waals surface area contributed by atoms with Crippen LogP contribution in [0.25, 0.3) is 10.6 Å². The molecule has 0 spiro atoms. The zero-order valence-electron chi connectivity index (χ0n) is 10.9. The fourth-order valence-corrected chi connectivity index (χ4v) is 3.82. The number of nitrogens with zero attached hydrogens (tertiary/aromatic N) is 3. The molecule has 0 amide bonds. The lowest BCUT2D eigenvalue weighted by Gasteiger charge is -2.05. The molecule has 4 nitrogen and oxygen atoms in total. The highest BCUT2D eigenvalue weighted by Gasteiger charge is 2.35. The molecule has 0 radical (unpaired) electrons. The largest absolute Gasteiger partial charge is 0.433 e. The van der Waals surface area contributed by atoms with E-state index in [0.29, 0.717) is 9.09 Å². The molecule has 0 aromatic carbocycles. The predicted molar refractivity (Wildman–Crippen MR) is 71.6 cm³/mol. The summed E-state index contributed by atoms with van der Waals surface area (Å²) < 4.78 is 52.9. The van der Waals surface area contributed by atoms with Gasteiger partial charge in [0.25, 0.3) is 0 Å². The molecule has 1 atom stereocenters. The standard InChI is InChI=1S/C11H12F3N3OS2/c1-16(2)20(18)10-5-4-8(19-10)7-6-9(11(12,13)14)17(3)15-7/h4-6H,1-3H3. The van der Waals surface area contributed by atoms with Crippen molar-refractivity contribution in [1.82, 2.24) is 14.1 Å². The van der Waals surface area contributed by atoms with Crippen LogP contribution in [-0.2, 0) is 24.2 Å². The van der Waals surface area contributed by atoms with Crippen LogP contribution < -0.4 is 0 Å². The molecule has 2 rings (SSSR count). The maximum absolute atomic E-state index is 12.7. The summed E-state index contributed by atoms with van der Waals surface area (Å²) in [5, 5.41) is 3.86. The number of alkyl halides is 3. The van der Waals surface area contributed by atoms with E-state index in [2.05, 4.69) is 5.10 Å². The van der Waals surface area contributed by atoms with Crippen molar-refractivity contribution in [3.05, 3.63) is 23.9 Å². The number of halogens is 3. The Balaban J connectivity index is 2.36. The zero-order chi connectivity index (χ0) is 15.1. The summed E-state index contributed by atoms with van der Waals surface area (Å²) in [6.07, 6.45) is -4.44. The Morgan fingerprint density at radius 1 is 1.35 bits per heavy atom. The summed E-state index contributed by atoms with van der Waals surface area (Å²) >= 11 is 1.17. The molecule has 0 N–H and O–H groups in total. The summed E-state index contributed by atoms with van der Waals surface area (Å²) in [7, 11) is 3.27. The van der Waals surface area contributed by atoms with Gasteiger partial charge in [0.05, 0.1) is 4.88 Å². The van der Waals surface area contributed by atoms with E-state index in [4.69, 9.17) is 0 Å². The molecule has 2 aromatic rings. The molecule has 110 valence electrons. The van der Waals surface area contributed by atoms with Crippen molar-refractivity contribution in [1.29, 1.82) is 0 Å². The lowest BCUT2D eigenvalue weighted by Crippen LogP contribution is -2.13. The normalized spacial score (nSPS) is 13.9. The van der Waals surface area contributed by atoms with Crippen molar-refractivity contribution in [2.75, 3.05) is 14.1 Å². The van der Waals surface area contributed by atoms with E-state index in [9.17, 15) is 17.4 Å². The predicted octanol–water partition coefficient (Wildman–Crippen LogP) is 2.75. The SMILES string of the molecule is CN(C)S(=O)c1ccc(-c2cc(C(F)(F)F)n(C)n2)s1. The zero-order valence-corrected chi connectivity index (χ0v) is 12.6. The molecule has 2 aromatic heterocycles. The van der Waals surface area contributed by atoms with Gasteiger partial charge in [0, 0.05) is 7.05 Å². The first-order valence-electron chi connectivity index (χ1n) is 5.51. The van der Waals surface area contributed by atoms with Crippen LogP contribution in [0.1, 0.15) is 5.69 Å². The summed E-state index contributed by atoms with van der Waals surface area (Å²) in [5.74, 6) is 0. The minimum Gasteiger partial charge on any atom is -0.263 e. The molecule has 9 heteroatoms. The van der Waals surface area contributed by atoms with Gasteiger partial charge >= 0.3 is 6.18 Å². The molecule has 2 heterocycles. The highest BCUT2D eigenvalue weighted by Crippen LogP contribution is 2.34. The van der Waals surface area contributed by atoms with Gasteiger partial charge in [0.15, 0.2) is 0 Å². The Kier molecular flexibility index (Phi) is 4.03. The lowest BCUT2D eigenvalue weighted by molar-refractivity contribution is -0.143. The van der Waals surface area contributed by atoms with Crippen molar-refractivity contribution >= 4 is 22.3 Å². The third kappa shape index (κ3) is 2.94. The first-order valence-corrected chi connectivity index (χ1v) is 7.43. The summed E-state index contributed by atoms with van der Waals surface area (Å²) in [6, 6.07) is 4.26. The van der Waals surface area contributed by atoms with Crippen LogP contribution in [0.3, 0.4) is 0 Å². The van der Waals surface area contributed by atoms with Crippen LogP contribution in [-0.4, -0.2) is 32.4 Å². The number of hydrogen-bond acceptors (Lipinski definition) is 3. The average molecular weight is 323 g/mol. The van der Waals surface area contributed by atoms with Gasteiger partial charge in [0.1, 0.15) is 26.6 Å². The molecule has 0 fully saturated rings. The van der Waals surface area contributed by atoms with Gasteiger partial charge in [-0.3, -0.25) is 4.68 Å². The maximum atomic E-state index is 12.7. The molecule has 0 aliphatic heterocycles. The first-order chi connectivity index (χ1) is 9.20. The van der Waals surface area contributed by atoms with Gasteiger partial charge in [-0.25, -0.2) is 8.51 Å². The Hall–Kier alpha value is -1.19. The number of aromatic nitrogens is 2. The molecule has 0 aliphatic rings. The van der Waals surface area contributed by atoms with Crippen LogP contribution in [0.5, 0.6) is 0 Å². The molecule has 1 unspecified atom stereocenters. The number of rotatable bonds is 3. The molecule has 20 heavy (non-hydrogen) atoms. The fraction of sp³-hybridized carbons (Fsp3) is 0.364. The van der Waals surface area contributed by atoms with E-state index in [1.165, 1.54) is 22.7 Å². The van der Waals surface area contributed by atoms with Gasteiger partial charge < -0.3 is 0 Å². The van der Waals surface area contributed by atoms with Crippen molar-refractivity contribution in [2.24, 2.45) is 7.05 Å². The van der Waals surface area contributed by atoms with Crippen LogP contribution in [0, 0.1) is 0 Å². The number of thiophene rings is 1. The minimum absolute atomic E-state index is 0.229. The van der Waals surface area contributed by atoms with Crippen LogP contribution >= 0.6 is 11.3 Å². The van der Waals surface area contributed by atoms with Crippen molar-refractivity contribution < 1.29 is 17.4 Å². The minimum atomic E-state index is -4.44. The summed E-state index contributed by atoms with van der Waals surface area (Å²) in [6.45, 7) is 0. The van der Waals surface area contributed by atoms with Crippen molar-refractivity contribution in [2.45, 2.75) is 10.4 Å². The van der Waals surface area contributed by atoms with E-state index in [1.54, 1.807) is 26.2 Å². The highest BCUT2D eigenvalue weighted by molar-refractivity contribution is 7.85. The second kappa shape index (κ2) is 5.30. The Morgan fingerprint density at radius 2 is 2.00 bits per heavy atom. The Labute approximate surface area is 120 Å². The highest BCUT2D eigenvalue weighted by atomic mass is 32.2. The molecule has 0 saturated heterocycles. The number of aryl methyl sites for hydroxylation is 1. The first kappa shape index (κ1) is 15.2. The van der Waals surface area contributed by atoms with E-state index in [-0.39, 0.29) is 5.69 Å². The van der Waals surface area contributed by atoms with E-state index in [0.717, 1.165) is 10.7 Å². The van der Waals surface area contributed by atoms with Gasteiger partial charge in [-0.2, -0.15) is 18.3 Å². The van der Waals surface area contributed by atoms with Gasteiger partial charge in [-0.1, -0.05) is 0 Å². The maximum Gasteiger partial charge on any atom is 0.433 e. The summed E-state index contributed by atoms with van der Waals surface area (Å²) in [5.41, 5.74) is -0.581. The average Bonchev–Trinajstić information content (AvgIpc) is 2.92. The van der Waals surface area contributed by atoms with Crippen LogP contribution in [0.2, 0.25) is 0 Å². The quantitative estimate of drug-likeness (QED) is 0.871. The van der Waals surface area contributed by atoms with E-state index < -0.39 is 22.9 Å². The summed E-state index contributed by atoms with van der Waals surface area (Å²) in [4.78, 5) is 0.557. The monoisotopic (exact) mass is 323 g/mol. The van der Waals surface area contributed by atoms with E-state index in [1.807, 2.05) is 0 Å². The second-order valence-corrected chi connectivity index (χ2v) is 7.23. The van der Waals surface area contributed by atoms with Crippen LogP contribution in [0.4, 0.5) is 13.2 Å². The fourth-order valence-electron chi connectivity index (χ4n) is 1.58. The second-order valence-electron chi connectivity index (χ2n) is 4.22. The smallest absolute Gasteiger partial charge is 0.263 e. The Morgan fingerprint density at radius 3 is 2.50 bits per heavy atom. The van der Waals surface area contributed by atoms with Crippen molar-refractivity contribution in [3.63, 3.8) is 0 Å². The van der Waals surface area contributed by atoms with Gasteiger partial charge in [-0.05, 0) is 32.3 Å². The third-order valence-electron chi connectivity index (χ3n) is 2.51. The van der Waals surface area contributed by atoms with Gasteiger partial charge in [-0.15, -0.1) is 11.3 Å². The topological polar surface area (TPSA) is 38.1 Å². The molecule has 0 saturated carbocycles. The molecular formula is C11H12F3N3OS2. The van der Waals surface area contributed by atoms with Crippen LogP contribution in [0.15, 0.2) is 22.4 Å². The Bertz CT molecular complexity index is 646. The van der Waals surface area contributed by atoms with E-state index >= 15 is 0 Å². The molecule has 0 bridgehead atoms. The third-order valence-corrected chi connectivity index (χ3v) is 5.23. The number of hydrogen-bond donors (Lipinski definition) is 0. The molecular weight excluding hydrogens is 311 g/mol. The molecule has 0 aliphatic carbocycles.